The summed E-state index contributed by atoms with van der Waals surface area (Å²) in [5.74, 6) is -0.107. The Balaban J connectivity index is 1.43. The van der Waals surface area contributed by atoms with Crippen molar-refractivity contribution in [3.05, 3.63) is 59.5 Å². The van der Waals surface area contributed by atoms with E-state index in [0.29, 0.717) is 28.6 Å². The van der Waals surface area contributed by atoms with Crippen LogP contribution in [0.5, 0.6) is 0 Å². The van der Waals surface area contributed by atoms with Gasteiger partial charge in [0.05, 0.1) is 16.9 Å². The van der Waals surface area contributed by atoms with Crippen molar-refractivity contribution in [3.8, 4) is 0 Å². The summed E-state index contributed by atoms with van der Waals surface area (Å²) in [5.41, 5.74) is 3.35. The average Bonchev–Trinajstić information content (AvgIpc) is 3.43. The fraction of sp³-hybridized carbons (Fsp3) is 0.385. The van der Waals surface area contributed by atoms with Gasteiger partial charge in [-0.2, -0.15) is 0 Å². The average molecular weight is 464 g/mol. The number of carbonyl (C=O) groups is 1. The van der Waals surface area contributed by atoms with Crippen LogP contribution in [0.25, 0.3) is 16.6 Å². The van der Waals surface area contributed by atoms with Gasteiger partial charge in [-0.1, -0.05) is 0 Å². The Morgan fingerprint density at radius 2 is 2.00 bits per heavy atom. The minimum atomic E-state index is -0.493. The zero-order valence-electron chi connectivity index (χ0n) is 20.2. The molecule has 0 saturated carbocycles. The highest BCUT2D eigenvalue weighted by atomic mass is 19.1. The van der Waals surface area contributed by atoms with Gasteiger partial charge in [-0.05, 0) is 59.2 Å². The second kappa shape index (κ2) is 8.13. The molecule has 178 valence electrons. The van der Waals surface area contributed by atoms with Crippen LogP contribution in [0.3, 0.4) is 0 Å². The zero-order valence-corrected chi connectivity index (χ0v) is 20.2. The molecule has 2 N–H and O–H groups in total. The molecule has 4 aromatic rings. The number of pyridine rings is 1. The van der Waals surface area contributed by atoms with Gasteiger partial charge in [0, 0.05) is 54.2 Å². The molecule has 1 fully saturated rings. The summed E-state index contributed by atoms with van der Waals surface area (Å²) in [4.78, 5) is 19.7. The number of hydrogen-bond donors (Lipinski definition) is 2. The molecule has 0 aliphatic carbocycles. The van der Waals surface area contributed by atoms with Crippen LogP contribution in [0.15, 0.2) is 41.1 Å². The van der Waals surface area contributed by atoms with E-state index in [1.165, 1.54) is 6.07 Å². The fourth-order valence-electron chi connectivity index (χ4n) is 4.84. The van der Waals surface area contributed by atoms with E-state index in [9.17, 15) is 9.18 Å². The molecule has 4 heterocycles. The van der Waals surface area contributed by atoms with Gasteiger partial charge in [0.1, 0.15) is 11.3 Å². The number of nitrogens with zero attached hydrogens (tertiary/aromatic N) is 3. The van der Waals surface area contributed by atoms with E-state index in [-0.39, 0.29) is 17.1 Å². The first-order valence-corrected chi connectivity index (χ1v) is 11.6. The van der Waals surface area contributed by atoms with E-state index in [1.807, 2.05) is 19.1 Å². The molecule has 3 aromatic heterocycles. The summed E-state index contributed by atoms with van der Waals surface area (Å²) in [7, 11) is 0. The van der Waals surface area contributed by atoms with Crippen molar-refractivity contribution in [2.75, 3.05) is 23.3 Å². The van der Waals surface area contributed by atoms with Crippen molar-refractivity contribution < 1.29 is 13.6 Å². The molecule has 34 heavy (non-hydrogen) atoms. The molecular formula is C26H30FN5O2. The van der Waals surface area contributed by atoms with Gasteiger partial charge in [-0.25, -0.2) is 9.37 Å². The third kappa shape index (κ3) is 4.25. The first-order valence-electron chi connectivity index (χ1n) is 11.6. The molecule has 8 heteroatoms. The van der Waals surface area contributed by atoms with E-state index in [4.69, 9.17) is 4.42 Å². The van der Waals surface area contributed by atoms with Crippen LogP contribution < -0.4 is 15.5 Å². The molecular weight excluding hydrogens is 433 g/mol. The third-order valence-electron chi connectivity index (χ3n) is 6.08. The number of benzene rings is 1. The Kier molecular flexibility index (Phi) is 5.36. The van der Waals surface area contributed by atoms with Crippen LogP contribution >= 0.6 is 0 Å². The minimum Gasteiger partial charge on any atom is -0.460 e. The lowest BCUT2D eigenvalue weighted by Gasteiger charge is -2.26. The maximum absolute atomic E-state index is 14.5. The normalized spacial score (nSPS) is 16.6. The second-order valence-corrected chi connectivity index (χ2v) is 10.2. The number of rotatable bonds is 4. The standard InChI is InChI=1S/C26H30FN5O2/c1-15-12-32-14-18(11-21(27)24(32)28-15)29-25(33)19-6-7-22(20-10-16(2)34-23(19)20)31-9-8-17(13-31)30-26(3,4)5/h6-7,10-12,14,17,30H,8-9,13H2,1-5H3,(H,29,33). The van der Waals surface area contributed by atoms with Crippen LogP contribution in [0.1, 0.15) is 49.0 Å². The molecule has 1 aliphatic rings. The van der Waals surface area contributed by atoms with Crippen LogP contribution in [-0.4, -0.2) is 40.0 Å². The third-order valence-corrected chi connectivity index (χ3v) is 6.08. The number of aromatic nitrogens is 2. The number of fused-ring (bicyclic) bond motifs is 2. The molecule has 1 aromatic carbocycles. The lowest BCUT2D eigenvalue weighted by Crippen LogP contribution is -2.44. The van der Waals surface area contributed by atoms with Crippen molar-refractivity contribution in [2.24, 2.45) is 0 Å². The molecule has 1 amide bonds. The Hall–Kier alpha value is -3.39. The molecule has 7 nitrogen and oxygen atoms in total. The monoisotopic (exact) mass is 463 g/mol. The number of hydrogen-bond acceptors (Lipinski definition) is 5. The first kappa shape index (κ1) is 22.4. The highest BCUT2D eigenvalue weighted by Gasteiger charge is 2.28. The summed E-state index contributed by atoms with van der Waals surface area (Å²) in [6.07, 6.45) is 4.43. The predicted molar refractivity (Wildman–Crippen MR) is 132 cm³/mol. The summed E-state index contributed by atoms with van der Waals surface area (Å²) >= 11 is 0. The van der Waals surface area contributed by atoms with Gasteiger partial charge >= 0.3 is 0 Å². The zero-order chi connectivity index (χ0) is 24.2. The highest BCUT2D eigenvalue weighted by molar-refractivity contribution is 6.13. The van der Waals surface area contributed by atoms with Crippen molar-refractivity contribution in [3.63, 3.8) is 0 Å². The van der Waals surface area contributed by atoms with E-state index < -0.39 is 5.82 Å². The van der Waals surface area contributed by atoms with Crippen LogP contribution in [-0.2, 0) is 0 Å². The van der Waals surface area contributed by atoms with Gasteiger partial charge in [0.25, 0.3) is 5.91 Å². The molecule has 0 spiro atoms. The largest absolute Gasteiger partial charge is 0.460 e. The van der Waals surface area contributed by atoms with Crippen molar-refractivity contribution in [2.45, 2.75) is 52.6 Å². The van der Waals surface area contributed by atoms with Gasteiger partial charge in [-0.3, -0.25) is 4.79 Å². The summed E-state index contributed by atoms with van der Waals surface area (Å²) < 4.78 is 22.0. The van der Waals surface area contributed by atoms with Gasteiger partial charge < -0.3 is 24.4 Å². The van der Waals surface area contributed by atoms with Gasteiger partial charge in [-0.15, -0.1) is 0 Å². The second-order valence-electron chi connectivity index (χ2n) is 10.2. The predicted octanol–water partition coefficient (Wildman–Crippen LogP) is 5.06. The van der Waals surface area contributed by atoms with E-state index >= 15 is 0 Å². The minimum absolute atomic E-state index is 0.0576. The number of nitrogens with one attached hydrogen (secondary N) is 2. The Morgan fingerprint density at radius 3 is 2.76 bits per heavy atom. The fourth-order valence-corrected chi connectivity index (χ4v) is 4.84. The highest BCUT2D eigenvalue weighted by Crippen LogP contribution is 2.34. The maximum atomic E-state index is 14.5. The van der Waals surface area contributed by atoms with E-state index in [2.05, 4.69) is 41.3 Å². The SMILES string of the molecule is Cc1cn2cc(NC(=O)c3ccc(N4CCC(NC(C)(C)C)C4)c4cc(C)oc34)cc(F)c2n1. The summed E-state index contributed by atoms with van der Waals surface area (Å²) in [6, 6.07) is 7.44. The smallest absolute Gasteiger partial charge is 0.259 e. The molecule has 1 atom stereocenters. The molecule has 1 unspecified atom stereocenters. The quantitative estimate of drug-likeness (QED) is 0.443. The van der Waals surface area contributed by atoms with Gasteiger partial charge in [0.15, 0.2) is 11.5 Å². The number of imidazole rings is 1. The van der Waals surface area contributed by atoms with Crippen molar-refractivity contribution in [1.29, 1.82) is 0 Å². The Bertz CT molecular complexity index is 1400. The first-order chi connectivity index (χ1) is 16.1. The molecule has 1 saturated heterocycles. The lowest BCUT2D eigenvalue weighted by atomic mass is 10.1. The number of aryl methyl sites for hydroxylation is 2. The molecule has 1 aliphatic heterocycles. The lowest BCUT2D eigenvalue weighted by molar-refractivity contribution is 0.102. The number of amides is 1. The molecule has 5 rings (SSSR count). The number of carbonyl (C=O) groups excluding carboxylic acids is 1. The van der Waals surface area contributed by atoms with Crippen LogP contribution in [0.2, 0.25) is 0 Å². The molecule has 0 radical (unpaired) electrons. The van der Waals surface area contributed by atoms with Crippen LogP contribution in [0.4, 0.5) is 15.8 Å². The number of halogens is 1. The summed E-state index contributed by atoms with van der Waals surface area (Å²) in [6.45, 7) is 12.0. The van der Waals surface area contributed by atoms with Crippen molar-refractivity contribution in [1.82, 2.24) is 14.7 Å². The number of furan rings is 1. The van der Waals surface area contributed by atoms with E-state index in [1.54, 1.807) is 29.8 Å². The number of anilines is 2. The van der Waals surface area contributed by atoms with E-state index in [0.717, 1.165) is 36.3 Å². The topological polar surface area (TPSA) is 74.8 Å². The summed E-state index contributed by atoms with van der Waals surface area (Å²) in [5, 5.41) is 7.40. The molecule has 0 bridgehead atoms. The maximum Gasteiger partial charge on any atom is 0.259 e. The Labute approximate surface area is 197 Å². The van der Waals surface area contributed by atoms with Crippen LogP contribution in [0, 0.1) is 19.7 Å². The Morgan fingerprint density at radius 1 is 1.21 bits per heavy atom. The van der Waals surface area contributed by atoms with Gasteiger partial charge in [0.2, 0.25) is 0 Å². The van der Waals surface area contributed by atoms with Crippen molar-refractivity contribution >= 4 is 33.9 Å².